The Bertz CT molecular complexity index is 1500. The Labute approximate surface area is 269 Å². The van der Waals surface area contributed by atoms with Crippen LogP contribution in [0, 0.1) is 17.2 Å². The monoisotopic (exact) mass is 631 g/mol. The summed E-state index contributed by atoms with van der Waals surface area (Å²) in [4.78, 5) is 57.9. The summed E-state index contributed by atoms with van der Waals surface area (Å²) in [5, 5.41) is 3.38. The number of fused-ring (bicyclic) bond motifs is 3. The van der Waals surface area contributed by atoms with Crippen molar-refractivity contribution in [1.82, 2.24) is 9.80 Å². The summed E-state index contributed by atoms with van der Waals surface area (Å²) >= 11 is 0. The maximum absolute atomic E-state index is 14.4. The molecule has 0 spiro atoms. The molecular weight excluding hydrogens is 589 g/mol. The summed E-state index contributed by atoms with van der Waals surface area (Å²) in [6, 6.07) is 12.8. The summed E-state index contributed by atoms with van der Waals surface area (Å²) in [5.41, 5.74) is 1.06. The molecule has 244 valence electrons. The number of para-hydroxylation sites is 1. The van der Waals surface area contributed by atoms with Crippen LogP contribution in [-0.4, -0.2) is 64.9 Å². The first-order chi connectivity index (χ1) is 22.3. The fourth-order valence-electron chi connectivity index (χ4n) is 7.20. The quantitative estimate of drug-likeness (QED) is 0.330. The molecular formula is C36H42FN3O6. The van der Waals surface area contributed by atoms with E-state index in [1.807, 2.05) is 36.4 Å². The van der Waals surface area contributed by atoms with Gasteiger partial charge in [0.1, 0.15) is 18.0 Å². The van der Waals surface area contributed by atoms with Crippen LogP contribution in [0.2, 0.25) is 0 Å². The van der Waals surface area contributed by atoms with Crippen LogP contribution in [0.5, 0.6) is 0 Å². The lowest BCUT2D eigenvalue weighted by molar-refractivity contribution is -0.152. The van der Waals surface area contributed by atoms with Crippen LogP contribution in [0.25, 0.3) is 0 Å². The van der Waals surface area contributed by atoms with Gasteiger partial charge < -0.3 is 19.7 Å². The average Bonchev–Trinajstić information content (AvgIpc) is 3.35. The second-order valence-electron chi connectivity index (χ2n) is 12.9. The first-order valence-electron chi connectivity index (χ1n) is 16.5. The summed E-state index contributed by atoms with van der Waals surface area (Å²) in [6.45, 7) is 2.34. The lowest BCUT2D eigenvalue weighted by Crippen LogP contribution is -2.48. The lowest BCUT2D eigenvalue weighted by atomic mass is 9.91. The molecule has 46 heavy (non-hydrogen) atoms. The van der Waals surface area contributed by atoms with Crippen molar-refractivity contribution >= 4 is 29.4 Å². The molecule has 5 atom stereocenters. The van der Waals surface area contributed by atoms with Crippen molar-refractivity contribution in [1.29, 1.82) is 0 Å². The third kappa shape index (κ3) is 6.66. The predicted molar refractivity (Wildman–Crippen MR) is 169 cm³/mol. The van der Waals surface area contributed by atoms with E-state index in [0.29, 0.717) is 18.4 Å². The van der Waals surface area contributed by atoms with E-state index in [9.17, 15) is 23.6 Å². The third-order valence-corrected chi connectivity index (χ3v) is 9.82. The summed E-state index contributed by atoms with van der Waals surface area (Å²) < 4.78 is 25.7. The maximum atomic E-state index is 14.4. The van der Waals surface area contributed by atoms with E-state index in [1.165, 1.54) is 11.0 Å². The molecule has 3 aliphatic heterocycles. The number of amides is 2. The molecule has 4 aliphatic rings. The number of hydrogen-bond donors (Lipinski definition) is 1. The van der Waals surface area contributed by atoms with E-state index in [0.717, 1.165) is 36.9 Å². The number of carbonyl (C=O) groups is 4. The minimum atomic E-state index is -0.944. The number of allylic oxidation sites excluding steroid dienone is 2. The van der Waals surface area contributed by atoms with E-state index in [1.54, 1.807) is 24.0 Å². The summed E-state index contributed by atoms with van der Waals surface area (Å²) in [5.74, 6) is -1.31. The zero-order valence-electron chi connectivity index (χ0n) is 26.3. The van der Waals surface area contributed by atoms with Crippen LogP contribution in [0.4, 0.5) is 14.9 Å². The normalized spacial score (nSPS) is 28.7. The molecule has 2 amide bonds. The van der Waals surface area contributed by atoms with Crippen molar-refractivity contribution in [3.8, 4) is 0 Å². The molecule has 2 fully saturated rings. The number of ether oxygens (including phenoxy) is 2. The molecule has 10 heteroatoms. The number of carbonyl (C=O) groups excluding carboxylic acids is 4. The van der Waals surface area contributed by atoms with Crippen molar-refractivity contribution in [3.05, 3.63) is 77.6 Å². The Morgan fingerprint density at radius 3 is 2.65 bits per heavy atom. The number of anilines is 1. The number of esters is 1. The van der Waals surface area contributed by atoms with Gasteiger partial charge in [-0.15, -0.1) is 0 Å². The van der Waals surface area contributed by atoms with Gasteiger partial charge in [0.05, 0.1) is 31.2 Å². The first kappa shape index (κ1) is 31.8. The highest BCUT2D eigenvalue weighted by Crippen LogP contribution is 2.57. The van der Waals surface area contributed by atoms with E-state index in [-0.39, 0.29) is 68.5 Å². The fourth-order valence-corrected chi connectivity index (χ4v) is 7.20. The Hall–Kier alpha value is -4.21. The number of Topliss-reactive ketones (excluding diaryl/α,β-unsaturated/α-hetero) is 1. The van der Waals surface area contributed by atoms with Gasteiger partial charge in [-0.3, -0.25) is 19.3 Å². The third-order valence-electron chi connectivity index (χ3n) is 9.82. The van der Waals surface area contributed by atoms with Gasteiger partial charge in [-0.25, -0.2) is 9.18 Å². The molecule has 0 aromatic heterocycles. The van der Waals surface area contributed by atoms with Gasteiger partial charge in [-0.2, -0.15) is 0 Å². The number of halogens is 1. The molecule has 3 heterocycles. The number of benzene rings is 2. The highest BCUT2D eigenvalue weighted by molar-refractivity contribution is 5.96. The van der Waals surface area contributed by atoms with Crippen LogP contribution in [-0.2, 0) is 36.9 Å². The van der Waals surface area contributed by atoms with Gasteiger partial charge in [0, 0.05) is 30.6 Å². The molecule has 0 unspecified atom stereocenters. The van der Waals surface area contributed by atoms with Gasteiger partial charge in [-0.1, -0.05) is 55.3 Å². The highest BCUT2D eigenvalue weighted by atomic mass is 19.1. The molecule has 1 N–H and O–H groups in total. The minimum Gasteiger partial charge on any atom is -0.466 e. The van der Waals surface area contributed by atoms with Gasteiger partial charge in [0.25, 0.3) is 0 Å². The Morgan fingerprint density at radius 1 is 1.04 bits per heavy atom. The van der Waals surface area contributed by atoms with Crippen LogP contribution in [0.3, 0.4) is 0 Å². The van der Waals surface area contributed by atoms with Gasteiger partial charge >= 0.3 is 12.1 Å². The zero-order chi connectivity index (χ0) is 32.3. The van der Waals surface area contributed by atoms with E-state index in [2.05, 4.69) is 11.4 Å². The van der Waals surface area contributed by atoms with Crippen molar-refractivity contribution in [3.63, 3.8) is 0 Å². The Morgan fingerprint density at radius 2 is 1.87 bits per heavy atom. The topological polar surface area (TPSA) is 105 Å². The van der Waals surface area contributed by atoms with Crippen molar-refractivity contribution in [2.24, 2.45) is 11.3 Å². The second kappa shape index (κ2) is 13.6. The highest BCUT2D eigenvalue weighted by Gasteiger charge is 2.61. The number of hydrogen-bond acceptors (Lipinski definition) is 7. The van der Waals surface area contributed by atoms with E-state index in [4.69, 9.17) is 9.47 Å². The Kier molecular flexibility index (Phi) is 9.42. The maximum Gasteiger partial charge on any atom is 0.410 e. The second-order valence-corrected chi connectivity index (χ2v) is 12.9. The molecule has 2 aromatic rings. The van der Waals surface area contributed by atoms with Crippen molar-refractivity contribution in [2.75, 3.05) is 18.5 Å². The predicted octanol–water partition coefficient (Wildman–Crippen LogP) is 5.78. The first-order valence-corrected chi connectivity index (χ1v) is 16.5. The summed E-state index contributed by atoms with van der Waals surface area (Å²) in [7, 11) is 0. The van der Waals surface area contributed by atoms with E-state index < -0.39 is 29.7 Å². The molecule has 2 aromatic carbocycles. The number of nitrogens with one attached hydrogen (secondary N) is 1. The van der Waals surface area contributed by atoms with Crippen LogP contribution in [0.1, 0.15) is 69.4 Å². The van der Waals surface area contributed by atoms with Crippen molar-refractivity contribution in [2.45, 2.75) is 89.6 Å². The van der Waals surface area contributed by atoms with Gasteiger partial charge in [0.15, 0.2) is 5.78 Å². The summed E-state index contributed by atoms with van der Waals surface area (Å²) in [6.07, 6.45) is 7.54. The molecule has 1 saturated carbocycles. The fraction of sp³-hybridized carbons (Fsp3) is 0.500. The van der Waals surface area contributed by atoms with Crippen LogP contribution < -0.4 is 5.32 Å². The molecule has 9 nitrogen and oxygen atoms in total. The van der Waals surface area contributed by atoms with Gasteiger partial charge in [0.2, 0.25) is 5.91 Å². The molecule has 1 aliphatic carbocycles. The van der Waals surface area contributed by atoms with Crippen molar-refractivity contribution < 1.29 is 33.0 Å². The van der Waals surface area contributed by atoms with Crippen LogP contribution >= 0.6 is 0 Å². The molecule has 0 bridgehead atoms. The standard InChI is InChI=1S/C36H42FN3O6/c1-2-45-34(43)36-19-25(36)13-7-4-3-5-10-17-30(38-26-14-8-6-9-15-26)33(42)40-22-27(18-31(40)32(41)20-36)46-35(44)39-21-24-12-11-16-29(37)28(24)23-39/h6-9,11-16,25,27,30-31,38H,2-5,10,17-23H2,1H3/b13-7-/t25-,27-,30+,31+,36-/m1/s1. The SMILES string of the molecule is CCOC(=O)[C@]12CC(=O)[C@@H]3C[C@@H](OC(=O)N4Cc5cccc(F)c5C4)CN3C(=O)[C@@H](Nc3ccccc3)CCCCC/C=C\[C@@H]1C2. The number of rotatable bonds is 5. The lowest BCUT2D eigenvalue weighted by Gasteiger charge is -2.29. The molecule has 1 saturated heterocycles. The molecule has 0 radical (unpaired) electrons. The largest absolute Gasteiger partial charge is 0.466 e. The smallest absolute Gasteiger partial charge is 0.410 e. The van der Waals surface area contributed by atoms with Crippen LogP contribution in [0.15, 0.2) is 60.7 Å². The molecule has 6 rings (SSSR count). The average molecular weight is 632 g/mol. The minimum absolute atomic E-state index is 0.0482. The Balaban J connectivity index is 1.25. The number of nitrogens with zero attached hydrogens (tertiary/aromatic N) is 2. The van der Waals surface area contributed by atoms with Gasteiger partial charge in [-0.05, 0) is 62.3 Å². The number of ketones is 1. The zero-order valence-corrected chi connectivity index (χ0v) is 26.3. The van der Waals surface area contributed by atoms with E-state index >= 15 is 0 Å².